The van der Waals surface area contributed by atoms with Crippen molar-refractivity contribution in [2.75, 3.05) is 18.6 Å². The number of amides is 1. The second-order valence-corrected chi connectivity index (χ2v) is 6.64. The van der Waals surface area contributed by atoms with Crippen LogP contribution in [0.2, 0.25) is 5.02 Å². The second-order valence-electron chi connectivity index (χ2n) is 6.21. The first kappa shape index (κ1) is 17.4. The smallest absolute Gasteiger partial charge is 0.280 e. The largest absolute Gasteiger partial charge is 0.497 e. The highest BCUT2D eigenvalue weighted by Gasteiger charge is 2.30. The predicted octanol–water partition coefficient (Wildman–Crippen LogP) is 3.36. The lowest BCUT2D eigenvalue weighted by atomic mass is 10.1. The van der Waals surface area contributed by atoms with Crippen LogP contribution in [0.1, 0.15) is 17.4 Å². The molecule has 0 radical (unpaired) electrons. The highest BCUT2D eigenvalue weighted by atomic mass is 35.5. The molecule has 0 aliphatic carbocycles. The summed E-state index contributed by atoms with van der Waals surface area (Å²) in [6, 6.07) is 12.6. The van der Waals surface area contributed by atoms with Gasteiger partial charge in [0, 0.05) is 11.1 Å². The lowest BCUT2D eigenvalue weighted by molar-refractivity contribution is 0.0956. The van der Waals surface area contributed by atoms with Gasteiger partial charge in [0.15, 0.2) is 5.69 Å². The van der Waals surface area contributed by atoms with E-state index < -0.39 is 0 Å². The van der Waals surface area contributed by atoms with Crippen LogP contribution >= 0.6 is 11.6 Å². The third kappa shape index (κ3) is 3.33. The molecular formula is C19H17ClN4O3. The van der Waals surface area contributed by atoms with E-state index in [0.717, 1.165) is 5.69 Å². The standard InChI is InChI=1S/C19H17ClN4O3/c1-12-10-23(17-9-15(26-2)6-7-18(17)27-12)19(25)16-11-24(22-21-16)14-5-3-4-13(20)8-14/h3-9,11-12H,10H2,1-2H3/t12-/m0/s1. The average Bonchev–Trinajstić information content (AvgIpc) is 3.16. The van der Waals surface area contributed by atoms with E-state index in [9.17, 15) is 4.79 Å². The third-order valence-electron chi connectivity index (χ3n) is 4.26. The Morgan fingerprint density at radius 1 is 1.30 bits per heavy atom. The quantitative estimate of drug-likeness (QED) is 0.692. The van der Waals surface area contributed by atoms with E-state index in [2.05, 4.69) is 10.3 Å². The maximum Gasteiger partial charge on any atom is 0.280 e. The first-order valence-electron chi connectivity index (χ1n) is 8.40. The number of benzene rings is 2. The Kier molecular flexibility index (Phi) is 4.45. The number of hydrogen-bond acceptors (Lipinski definition) is 5. The molecule has 1 atom stereocenters. The van der Waals surface area contributed by atoms with E-state index in [1.807, 2.05) is 19.1 Å². The summed E-state index contributed by atoms with van der Waals surface area (Å²) in [4.78, 5) is 14.7. The van der Waals surface area contributed by atoms with E-state index >= 15 is 0 Å². The molecule has 2 heterocycles. The first-order valence-corrected chi connectivity index (χ1v) is 8.78. The van der Waals surface area contributed by atoms with Crippen LogP contribution in [0.4, 0.5) is 5.69 Å². The molecule has 0 N–H and O–H groups in total. The average molecular weight is 385 g/mol. The number of rotatable bonds is 3. The maximum atomic E-state index is 13.1. The second kappa shape index (κ2) is 6.92. The molecule has 0 saturated heterocycles. The molecule has 1 aromatic heterocycles. The fraction of sp³-hybridized carbons (Fsp3) is 0.211. The number of nitrogens with zero attached hydrogens (tertiary/aromatic N) is 4. The van der Waals surface area contributed by atoms with Crippen LogP contribution in [-0.4, -0.2) is 40.7 Å². The molecule has 0 spiro atoms. The molecule has 4 rings (SSSR count). The Bertz CT molecular complexity index is 1000. The topological polar surface area (TPSA) is 69.5 Å². The van der Waals surface area contributed by atoms with Gasteiger partial charge in [0.25, 0.3) is 5.91 Å². The molecular weight excluding hydrogens is 368 g/mol. The Balaban J connectivity index is 1.68. The van der Waals surface area contributed by atoms with Gasteiger partial charge < -0.3 is 9.47 Å². The van der Waals surface area contributed by atoms with Crippen molar-refractivity contribution in [2.45, 2.75) is 13.0 Å². The fourth-order valence-corrected chi connectivity index (χ4v) is 3.17. The van der Waals surface area contributed by atoms with Crippen molar-refractivity contribution in [3.63, 3.8) is 0 Å². The summed E-state index contributed by atoms with van der Waals surface area (Å²) >= 11 is 6.02. The van der Waals surface area contributed by atoms with Crippen molar-refractivity contribution in [1.29, 1.82) is 0 Å². The highest BCUT2D eigenvalue weighted by molar-refractivity contribution is 6.30. The molecule has 1 aliphatic heterocycles. The Hall–Kier alpha value is -3.06. The zero-order valence-corrected chi connectivity index (χ0v) is 15.6. The molecule has 1 amide bonds. The first-order chi connectivity index (χ1) is 13.0. The summed E-state index contributed by atoms with van der Waals surface area (Å²) in [6.07, 6.45) is 1.45. The molecule has 8 heteroatoms. The number of carbonyl (C=O) groups is 1. The normalized spacial score (nSPS) is 15.8. The zero-order chi connectivity index (χ0) is 19.0. The van der Waals surface area contributed by atoms with E-state index in [1.165, 1.54) is 4.68 Å². The molecule has 0 saturated carbocycles. The zero-order valence-electron chi connectivity index (χ0n) is 14.8. The predicted molar refractivity (Wildman–Crippen MR) is 101 cm³/mol. The van der Waals surface area contributed by atoms with Crippen molar-refractivity contribution in [2.24, 2.45) is 0 Å². The van der Waals surface area contributed by atoms with Crippen LogP contribution in [0.15, 0.2) is 48.7 Å². The van der Waals surface area contributed by atoms with Gasteiger partial charge in [-0.05, 0) is 37.3 Å². The van der Waals surface area contributed by atoms with Gasteiger partial charge >= 0.3 is 0 Å². The molecule has 7 nitrogen and oxygen atoms in total. The molecule has 2 aromatic carbocycles. The van der Waals surface area contributed by atoms with Crippen LogP contribution in [0.3, 0.4) is 0 Å². The fourth-order valence-electron chi connectivity index (χ4n) is 2.98. The molecule has 0 bridgehead atoms. The summed E-state index contributed by atoms with van der Waals surface area (Å²) < 4.78 is 12.6. The third-order valence-corrected chi connectivity index (χ3v) is 4.49. The van der Waals surface area contributed by atoms with Gasteiger partial charge in [-0.15, -0.1) is 5.10 Å². The van der Waals surface area contributed by atoms with Gasteiger partial charge in [0.05, 0.1) is 31.2 Å². The van der Waals surface area contributed by atoms with E-state index in [1.54, 1.807) is 48.5 Å². The van der Waals surface area contributed by atoms with Gasteiger partial charge in [0.2, 0.25) is 0 Å². The van der Waals surface area contributed by atoms with Crippen molar-refractivity contribution >= 4 is 23.2 Å². The number of halogens is 1. The lowest BCUT2D eigenvalue weighted by Crippen LogP contribution is -2.42. The maximum absolute atomic E-state index is 13.1. The lowest BCUT2D eigenvalue weighted by Gasteiger charge is -2.33. The van der Waals surface area contributed by atoms with Crippen LogP contribution in [0.5, 0.6) is 11.5 Å². The monoisotopic (exact) mass is 384 g/mol. The summed E-state index contributed by atoms with van der Waals surface area (Å²) in [5.41, 5.74) is 1.61. The molecule has 0 fully saturated rings. The highest BCUT2D eigenvalue weighted by Crippen LogP contribution is 2.37. The van der Waals surface area contributed by atoms with E-state index in [-0.39, 0.29) is 17.7 Å². The number of hydrogen-bond donors (Lipinski definition) is 0. The molecule has 138 valence electrons. The van der Waals surface area contributed by atoms with Crippen molar-refractivity contribution < 1.29 is 14.3 Å². The van der Waals surface area contributed by atoms with Crippen molar-refractivity contribution in [3.05, 3.63) is 59.4 Å². The molecule has 0 unspecified atom stereocenters. The number of ether oxygens (including phenoxy) is 2. The van der Waals surface area contributed by atoms with Crippen LogP contribution in [0, 0.1) is 0 Å². The van der Waals surface area contributed by atoms with E-state index in [0.29, 0.717) is 28.8 Å². The minimum Gasteiger partial charge on any atom is -0.497 e. The van der Waals surface area contributed by atoms with E-state index in [4.69, 9.17) is 21.1 Å². The number of methoxy groups -OCH3 is 1. The van der Waals surface area contributed by atoms with Gasteiger partial charge in [-0.25, -0.2) is 4.68 Å². The summed E-state index contributed by atoms with van der Waals surface area (Å²) in [7, 11) is 1.58. The van der Waals surface area contributed by atoms with Crippen LogP contribution < -0.4 is 14.4 Å². The van der Waals surface area contributed by atoms with Crippen molar-refractivity contribution in [3.8, 4) is 17.2 Å². The van der Waals surface area contributed by atoms with Gasteiger partial charge in [-0.3, -0.25) is 9.69 Å². The summed E-state index contributed by atoms with van der Waals surface area (Å²) in [6.45, 7) is 2.32. The Labute approximate surface area is 161 Å². The summed E-state index contributed by atoms with van der Waals surface area (Å²) in [5.74, 6) is 1.02. The van der Waals surface area contributed by atoms with Crippen molar-refractivity contribution in [1.82, 2.24) is 15.0 Å². The molecule has 27 heavy (non-hydrogen) atoms. The van der Waals surface area contributed by atoms with Gasteiger partial charge in [0.1, 0.15) is 17.6 Å². The summed E-state index contributed by atoms with van der Waals surface area (Å²) in [5, 5.41) is 8.68. The molecule has 3 aromatic rings. The number of carbonyl (C=O) groups excluding carboxylic acids is 1. The number of aromatic nitrogens is 3. The number of fused-ring (bicyclic) bond motifs is 1. The van der Waals surface area contributed by atoms with Crippen LogP contribution in [-0.2, 0) is 0 Å². The Morgan fingerprint density at radius 3 is 2.93 bits per heavy atom. The Morgan fingerprint density at radius 2 is 2.15 bits per heavy atom. The molecule has 1 aliphatic rings. The van der Waals surface area contributed by atoms with Gasteiger partial charge in [-0.2, -0.15) is 0 Å². The van der Waals surface area contributed by atoms with Crippen LogP contribution in [0.25, 0.3) is 5.69 Å². The number of anilines is 1. The minimum atomic E-state index is -0.257. The van der Waals surface area contributed by atoms with Gasteiger partial charge in [-0.1, -0.05) is 22.9 Å². The SMILES string of the molecule is COc1ccc2c(c1)N(C(=O)c1cn(-c3cccc(Cl)c3)nn1)C[C@H](C)O2. The minimum absolute atomic E-state index is 0.141.